The third-order valence-corrected chi connectivity index (χ3v) is 1.82. The van der Waals surface area contributed by atoms with Gasteiger partial charge in [-0.05, 0) is 0 Å². The summed E-state index contributed by atoms with van der Waals surface area (Å²) < 4.78 is 8.84. The molecule has 0 heterocycles. The Balaban J connectivity index is 3.67. The largest absolute Gasteiger partial charge is 0.508 e. The van der Waals surface area contributed by atoms with Crippen molar-refractivity contribution in [2.45, 2.75) is 19.6 Å². The fourth-order valence-electron chi connectivity index (χ4n) is 0.455. The van der Waals surface area contributed by atoms with E-state index < -0.39 is 14.2 Å². The Morgan fingerprint density at radius 3 is 2.42 bits per heavy atom. The summed E-state index contributed by atoms with van der Waals surface area (Å²) in [6.07, 6.45) is -0.681. The van der Waals surface area contributed by atoms with Gasteiger partial charge in [0.05, 0.1) is 7.11 Å². The zero-order chi connectivity index (χ0) is 9.61. The van der Waals surface area contributed by atoms with Gasteiger partial charge in [0.2, 0.25) is 0 Å². The standard InChI is InChI=1S/C8H14O3Si/c1-10-8(9)11-6-5-7-12(2,3)4/h6H2,1-4H3. The lowest BCUT2D eigenvalue weighted by atomic mass is 10.8. The number of ether oxygens (including phenoxy) is 2. The van der Waals surface area contributed by atoms with Crippen LogP contribution in [-0.4, -0.2) is 27.9 Å². The number of hydrogen-bond donors (Lipinski definition) is 0. The van der Waals surface area contributed by atoms with Crippen molar-refractivity contribution in [1.29, 1.82) is 0 Å². The number of carbonyl (C=O) groups excluding carboxylic acids is 1. The quantitative estimate of drug-likeness (QED) is 0.355. The second kappa shape index (κ2) is 4.83. The summed E-state index contributed by atoms with van der Waals surface area (Å²) in [6, 6.07) is 0. The first-order valence-electron chi connectivity index (χ1n) is 3.66. The molecule has 0 saturated carbocycles. The number of hydrogen-bond acceptors (Lipinski definition) is 3. The average molecular weight is 186 g/mol. The minimum absolute atomic E-state index is 0.122. The number of rotatable bonds is 1. The first-order valence-corrected chi connectivity index (χ1v) is 7.16. The average Bonchev–Trinajstić information content (AvgIpc) is 1.96. The molecule has 0 aliphatic carbocycles. The van der Waals surface area contributed by atoms with Crippen molar-refractivity contribution in [3.05, 3.63) is 0 Å². The summed E-state index contributed by atoms with van der Waals surface area (Å²) in [4.78, 5) is 10.4. The normalized spacial score (nSPS) is 9.67. The molecular formula is C8H14O3Si. The Morgan fingerprint density at radius 1 is 1.42 bits per heavy atom. The van der Waals surface area contributed by atoms with Crippen molar-refractivity contribution >= 4 is 14.2 Å². The van der Waals surface area contributed by atoms with Crippen LogP contribution in [0.25, 0.3) is 0 Å². The summed E-state index contributed by atoms with van der Waals surface area (Å²) in [5.41, 5.74) is 3.06. The second-order valence-electron chi connectivity index (χ2n) is 3.29. The summed E-state index contributed by atoms with van der Waals surface area (Å²) >= 11 is 0. The summed E-state index contributed by atoms with van der Waals surface area (Å²) in [5.74, 6) is 2.78. The maximum absolute atomic E-state index is 10.4. The molecule has 0 radical (unpaired) electrons. The molecule has 0 N–H and O–H groups in total. The van der Waals surface area contributed by atoms with Crippen molar-refractivity contribution in [3.63, 3.8) is 0 Å². The molecule has 0 aromatic rings. The SMILES string of the molecule is COC(=O)OCC#C[Si](C)(C)C. The Kier molecular flexibility index (Phi) is 4.45. The third kappa shape index (κ3) is 7.16. The summed E-state index contributed by atoms with van der Waals surface area (Å²) in [5, 5.41) is 0. The van der Waals surface area contributed by atoms with Gasteiger partial charge < -0.3 is 9.47 Å². The minimum atomic E-state index is -1.33. The van der Waals surface area contributed by atoms with Crippen molar-refractivity contribution in [1.82, 2.24) is 0 Å². The molecule has 12 heavy (non-hydrogen) atoms. The third-order valence-electron chi connectivity index (χ3n) is 0.892. The first-order chi connectivity index (χ1) is 5.45. The van der Waals surface area contributed by atoms with E-state index in [2.05, 4.69) is 40.6 Å². The van der Waals surface area contributed by atoms with Gasteiger partial charge in [-0.2, -0.15) is 0 Å². The van der Waals surface area contributed by atoms with Gasteiger partial charge in [-0.3, -0.25) is 0 Å². The van der Waals surface area contributed by atoms with E-state index >= 15 is 0 Å². The van der Waals surface area contributed by atoms with Gasteiger partial charge in [0.25, 0.3) is 0 Å². The predicted molar refractivity (Wildman–Crippen MR) is 49.5 cm³/mol. The monoisotopic (exact) mass is 186 g/mol. The van der Waals surface area contributed by atoms with Crippen LogP contribution in [0, 0.1) is 11.5 Å². The van der Waals surface area contributed by atoms with Crippen LogP contribution < -0.4 is 0 Å². The van der Waals surface area contributed by atoms with E-state index in [0.29, 0.717) is 0 Å². The van der Waals surface area contributed by atoms with Gasteiger partial charge in [0.15, 0.2) is 6.61 Å². The van der Waals surface area contributed by atoms with Gasteiger partial charge in [-0.25, -0.2) is 4.79 Å². The maximum atomic E-state index is 10.4. The zero-order valence-corrected chi connectivity index (χ0v) is 8.93. The lowest BCUT2D eigenvalue weighted by molar-refractivity contribution is 0.0833. The van der Waals surface area contributed by atoms with Crippen molar-refractivity contribution in [3.8, 4) is 11.5 Å². The maximum Gasteiger partial charge on any atom is 0.508 e. The number of methoxy groups -OCH3 is 1. The van der Waals surface area contributed by atoms with Crippen LogP contribution in [0.15, 0.2) is 0 Å². The second-order valence-corrected chi connectivity index (χ2v) is 8.04. The molecule has 3 nitrogen and oxygen atoms in total. The van der Waals surface area contributed by atoms with E-state index in [-0.39, 0.29) is 6.61 Å². The Hall–Kier alpha value is -0.953. The molecule has 0 amide bonds. The minimum Gasteiger partial charge on any atom is -0.438 e. The molecule has 0 bridgehead atoms. The van der Waals surface area contributed by atoms with E-state index in [1.807, 2.05) is 0 Å². The molecule has 0 aromatic carbocycles. The van der Waals surface area contributed by atoms with Gasteiger partial charge in [-0.15, -0.1) is 5.54 Å². The van der Waals surface area contributed by atoms with E-state index in [1.54, 1.807) is 0 Å². The Bertz CT molecular complexity index is 207. The smallest absolute Gasteiger partial charge is 0.438 e. The fraction of sp³-hybridized carbons (Fsp3) is 0.625. The lowest BCUT2D eigenvalue weighted by Crippen LogP contribution is -2.16. The van der Waals surface area contributed by atoms with Gasteiger partial charge >= 0.3 is 6.16 Å². The highest BCUT2D eigenvalue weighted by Gasteiger charge is 2.07. The molecular weight excluding hydrogens is 172 g/mol. The van der Waals surface area contributed by atoms with Crippen LogP contribution in [0.5, 0.6) is 0 Å². The van der Waals surface area contributed by atoms with Gasteiger partial charge in [0, 0.05) is 0 Å². The molecule has 0 aliphatic heterocycles. The number of carbonyl (C=O) groups is 1. The van der Waals surface area contributed by atoms with Crippen molar-refractivity contribution in [2.24, 2.45) is 0 Å². The fourth-order valence-corrected chi connectivity index (χ4v) is 1.06. The van der Waals surface area contributed by atoms with Crippen LogP contribution >= 0.6 is 0 Å². The van der Waals surface area contributed by atoms with Crippen LogP contribution in [0.1, 0.15) is 0 Å². The van der Waals surface area contributed by atoms with Crippen molar-refractivity contribution < 1.29 is 14.3 Å². The molecule has 4 heteroatoms. The van der Waals surface area contributed by atoms with E-state index in [4.69, 9.17) is 0 Å². The Morgan fingerprint density at radius 2 is 2.00 bits per heavy atom. The zero-order valence-electron chi connectivity index (χ0n) is 7.93. The predicted octanol–water partition coefficient (Wildman–Crippen LogP) is 1.65. The lowest BCUT2D eigenvalue weighted by Gasteiger charge is -2.03. The highest BCUT2D eigenvalue weighted by molar-refractivity contribution is 6.83. The van der Waals surface area contributed by atoms with Crippen LogP contribution in [0.3, 0.4) is 0 Å². The molecule has 0 rings (SSSR count). The molecule has 0 spiro atoms. The first kappa shape index (κ1) is 11.0. The van der Waals surface area contributed by atoms with Crippen molar-refractivity contribution in [2.75, 3.05) is 13.7 Å². The van der Waals surface area contributed by atoms with Crippen LogP contribution in [0.2, 0.25) is 19.6 Å². The summed E-state index contributed by atoms with van der Waals surface area (Å²) in [6.45, 7) is 6.49. The molecule has 68 valence electrons. The molecule has 0 fully saturated rings. The molecule has 0 saturated heterocycles. The van der Waals surface area contributed by atoms with Gasteiger partial charge in [0.1, 0.15) is 8.07 Å². The van der Waals surface area contributed by atoms with Crippen LogP contribution in [0.4, 0.5) is 4.79 Å². The Labute approximate surface area is 74.1 Å². The topological polar surface area (TPSA) is 35.5 Å². The molecule has 0 atom stereocenters. The summed E-state index contributed by atoms with van der Waals surface area (Å²) in [7, 11) is -0.0606. The molecule has 0 aromatic heterocycles. The highest BCUT2D eigenvalue weighted by Crippen LogP contribution is 1.95. The van der Waals surface area contributed by atoms with E-state index in [9.17, 15) is 4.79 Å². The molecule has 0 unspecified atom stereocenters. The molecule has 0 aliphatic rings. The van der Waals surface area contributed by atoms with Gasteiger partial charge in [-0.1, -0.05) is 25.6 Å². The van der Waals surface area contributed by atoms with Crippen LogP contribution in [-0.2, 0) is 9.47 Å². The van der Waals surface area contributed by atoms with E-state index in [1.165, 1.54) is 7.11 Å². The van der Waals surface area contributed by atoms with E-state index in [0.717, 1.165) is 0 Å². The highest BCUT2D eigenvalue weighted by atomic mass is 28.3.